The van der Waals surface area contributed by atoms with E-state index in [9.17, 15) is 19.5 Å². The Hall–Kier alpha value is -3.15. The summed E-state index contributed by atoms with van der Waals surface area (Å²) in [5.41, 5.74) is 3.12. The number of carbonyl (C=O) groups excluding carboxylic acids is 2. The van der Waals surface area contributed by atoms with Gasteiger partial charge in [0.1, 0.15) is 0 Å². The maximum atomic E-state index is 12.5. The number of carboxylic acids is 1. The zero-order valence-corrected chi connectivity index (χ0v) is 15.0. The molecule has 0 aromatic heterocycles. The predicted molar refractivity (Wildman–Crippen MR) is 99.1 cm³/mol. The maximum Gasteiger partial charge on any atom is 0.330 e. The lowest BCUT2D eigenvalue weighted by atomic mass is 10.0. The molecule has 0 heterocycles. The summed E-state index contributed by atoms with van der Waals surface area (Å²) >= 11 is 0. The van der Waals surface area contributed by atoms with Gasteiger partial charge in [-0.1, -0.05) is 42.3 Å². The van der Waals surface area contributed by atoms with Gasteiger partial charge in [0.05, 0.1) is 0 Å². The van der Waals surface area contributed by atoms with Crippen LogP contribution >= 0.6 is 0 Å². The van der Waals surface area contributed by atoms with Crippen LogP contribution in [0.5, 0.6) is 0 Å². The molecular weight excluding hydrogens is 332 g/mol. The average molecular weight is 354 g/mol. The molecule has 0 spiro atoms. The molecule has 0 bridgehead atoms. The Morgan fingerprint density at radius 1 is 1.04 bits per heavy atom. The minimum Gasteiger partial charge on any atom is -0.479 e. The van der Waals surface area contributed by atoms with Crippen molar-refractivity contribution < 1.29 is 19.5 Å². The van der Waals surface area contributed by atoms with Crippen molar-refractivity contribution in [3.63, 3.8) is 0 Å². The summed E-state index contributed by atoms with van der Waals surface area (Å²) in [4.78, 5) is 35.7. The molecule has 0 radical (unpaired) electrons. The fourth-order valence-corrected chi connectivity index (χ4v) is 2.67. The standard InChI is InChI=1S/C20H22N2O4/c1-4-17(23)21-16-7-5-6-14(11-16)19(24)22-18(20(25)26)15-9-12(2)8-13(3)10-15/h5-11,18H,4H2,1-3H3,(H,21,23)(H,22,24)(H,25,26). The molecule has 2 aromatic rings. The van der Waals surface area contributed by atoms with Crippen LogP contribution in [-0.4, -0.2) is 22.9 Å². The van der Waals surface area contributed by atoms with Crippen LogP contribution in [-0.2, 0) is 9.59 Å². The van der Waals surface area contributed by atoms with Crippen LogP contribution < -0.4 is 10.6 Å². The lowest BCUT2D eigenvalue weighted by Gasteiger charge is -2.16. The highest BCUT2D eigenvalue weighted by Gasteiger charge is 2.23. The van der Waals surface area contributed by atoms with E-state index in [4.69, 9.17) is 0 Å². The second-order valence-corrected chi connectivity index (χ2v) is 6.15. The molecule has 0 saturated heterocycles. The fourth-order valence-electron chi connectivity index (χ4n) is 2.67. The minimum absolute atomic E-state index is 0.166. The molecule has 0 fully saturated rings. The van der Waals surface area contributed by atoms with Gasteiger partial charge in [-0.25, -0.2) is 4.79 Å². The van der Waals surface area contributed by atoms with Gasteiger partial charge >= 0.3 is 5.97 Å². The summed E-state index contributed by atoms with van der Waals surface area (Å²) in [6.07, 6.45) is 0.324. The molecule has 0 aliphatic rings. The normalized spacial score (nSPS) is 11.5. The van der Waals surface area contributed by atoms with Gasteiger partial charge in [0.2, 0.25) is 5.91 Å². The lowest BCUT2D eigenvalue weighted by molar-refractivity contribution is -0.139. The molecule has 0 saturated carbocycles. The van der Waals surface area contributed by atoms with Crippen molar-refractivity contribution >= 4 is 23.5 Å². The van der Waals surface area contributed by atoms with Gasteiger partial charge in [-0.15, -0.1) is 0 Å². The van der Waals surface area contributed by atoms with E-state index in [2.05, 4.69) is 10.6 Å². The van der Waals surface area contributed by atoms with Crippen LogP contribution in [0, 0.1) is 13.8 Å². The van der Waals surface area contributed by atoms with Gasteiger partial charge in [-0.2, -0.15) is 0 Å². The number of nitrogens with one attached hydrogen (secondary N) is 2. The van der Waals surface area contributed by atoms with Crippen molar-refractivity contribution in [3.8, 4) is 0 Å². The van der Waals surface area contributed by atoms with Crippen LogP contribution in [0.2, 0.25) is 0 Å². The minimum atomic E-state index is -1.16. The molecular formula is C20H22N2O4. The summed E-state index contributed by atoms with van der Waals surface area (Å²) in [5.74, 6) is -1.83. The van der Waals surface area contributed by atoms with E-state index >= 15 is 0 Å². The largest absolute Gasteiger partial charge is 0.479 e. The number of carboxylic acid groups (broad SMARTS) is 1. The van der Waals surface area contributed by atoms with Gasteiger partial charge in [0.15, 0.2) is 6.04 Å². The van der Waals surface area contributed by atoms with Crippen molar-refractivity contribution in [2.75, 3.05) is 5.32 Å². The van der Waals surface area contributed by atoms with Gasteiger partial charge in [-0.3, -0.25) is 9.59 Å². The third-order valence-corrected chi connectivity index (χ3v) is 3.83. The Morgan fingerprint density at radius 2 is 1.69 bits per heavy atom. The monoisotopic (exact) mass is 354 g/mol. The first-order chi connectivity index (χ1) is 12.3. The average Bonchev–Trinajstić information content (AvgIpc) is 2.58. The van der Waals surface area contributed by atoms with E-state index in [1.165, 1.54) is 6.07 Å². The number of aryl methyl sites for hydroxylation is 2. The molecule has 3 N–H and O–H groups in total. The first-order valence-electron chi connectivity index (χ1n) is 8.32. The van der Waals surface area contributed by atoms with Gasteiger partial charge < -0.3 is 15.7 Å². The first kappa shape index (κ1) is 19.2. The van der Waals surface area contributed by atoms with Crippen molar-refractivity contribution in [2.45, 2.75) is 33.2 Å². The summed E-state index contributed by atoms with van der Waals surface area (Å²) in [5, 5.41) is 14.8. The highest BCUT2D eigenvalue weighted by atomic mass is 16.4. The molecule has 136 valence electrons. The summed E-state index contributed by atoms with van der Waals surface area (Å²) < 4.78 is 0. The van der Waals surface area contributed by atoms with E-state index in [0.717, 1.165) is 11.1 Å². The number of hydrogen-bond acceptors (Lipinski definition) is 3. The smallest absolute Gasteiger partial charge is 0.330 e. The molecule has 2 amide bonds. The Balaban J connectivity index is 2.24. The summed E-state index contributed by atoms with van der Waals surface area (Å²) in [6.45, 7) is 5.47. The molecule has 2 rings (SSSR count). The molecule has 1 atom stereocenters. The van der Waals surface area contributed by atoms with E-state index in [0.29, 0.717) is 17.7 Å². The van der Waals surface area contributed by atoms with E-state index in [1.807, 2.05) is 19.9 Å². The third kappa shape index (κ3) is 4.92. The molecule has 0 aliphatic heterocycles. The number of hydrogen-bond donors (Lipinski definition) is 3. The van der Waals surface area contributed by atoms with Crippen LogP contribution in [0.15, 0.2) is 42.5 Å². The van der Waals surface area contributed by atoms with Gasteiger partial charge in [0.25, 0.3) is 5.91 Å². The predicted octanol–water partition coefficient (Wildman–Crippen LogP) is 3.21. The molecule has 26 heavy (non-hydrogen) atoms. The molecule has 6 heteroatoms. The summed E-state index contributed by atoms with van der Waals surface area (Å²) in [6, 6.07) is 10.6. The van der Waals surface area contributed by atoms with Crippen molar-refractivity contribution in [3.05, 3.63) is 64.7 Å². The van der Waals surface area contributed by atoms with Crippen molar-refractivity contribution in [1.29, 1.82) is 0 Å². The van der Waals surface area contributed by atoms with Crippen LogP contribution in [0.25, 0.3) is 0 Å². The third-order valence-electron chi connectivity index (χ3n) is 3.83. The number of benzene rings is 2. The SMILES string of the molecule is CCC(=O)Nc1cccc(C(=O)NC(C(=O)O)c2cc(C)cc(C)c2)c1. The number of anilines is 1. The highest BCUT2D eigenvalue weighted by molar-refractivity contribution is 5.99. The van der Waals surface area contributed by atoms with E-state index < -0.39 is 17.9 Å². The maximum absolute atomic E-state index is 12.5. The molecule has 0 aliphatic carbocycles. The number of carbonyl (C=O) groups is 3. The Kier molecular flexibility index (Phi) is 6.11. The highest BCUT2D eigenvalue weighted by Crippen LogP contribution is 2.19. The number of aliphatic carboxylic acids is 1. The number of rotatable bonds is 6. The Morgan fingerprint density at radius 3 is 2.27 bits per heavy atom. The van der Waals surface area contributed by atoms with Crippen LogP contribution in [0.4, 0.5) is 5.69 Å². The van der Waals surface area contributed by atoms with Crippen LogP contribution in [0.3, 0.4) is 0 Å². The zero-order chi connectivity index (χ0) is 19.3. The fraction of sp³-hybridized carbons (Fsp3) is 0.250. The number of amides is 2. The topological polar surface area (TPSA) is 95.5 Å². The molecule has 2 aromatic carbocycles. The second kappa shape index (κ2) is 8.29. The Bertz CT molecular complexity index is 825. The second-order valence-electron chi connectivity index (χ2n) is 6.15. The quantitative estimate of drug-likeness (QED) is 0.742. The Labute approximate surface area is 152 Å². The van der Waals surface area contributed by atoms with Gasteiger partial charge in [-0.05, 0) is 37.6 Å². The van der Waals surface area contributed by atoms with E-state index in [1.54, 1.807) is 37.3 Å². The van der Waals surface area contributed by atoms with Crippen molar-refractivity contribution in [2.24, 2.45) is 0 Å². The van der Waals surface area contributed by atoms with Crippen molar-refractivity contribution in [1.82, 2.24) is 5.32 Å². The first-order valence-corrected chi connectivity index (χ1v) is 8.32. The molecule has 6 nitrogen and oxygen atoms in total. The molecule has 1 unspecified atom stereocenters. The summed E-state index contributed by atoms with van der Waals surface area (Å²) in [7, 11) is 0. The van der Waals surface area contributed by atoms with E-state index in [-0.39, 0.29) is 11.5 Å². The lowest BCUT2D eigenvalue weighted by Crippen LogP contribution is -2.33. The van der Waals surface area contributed by atoms with Gasteiger partial charge in [0, 0.05) is 17.7 Å². The van der Waals surface area contributed by atoms with Crippen LogP contribution in [0.1, 0.15) is 46.4 Å². The zero-order valence-electron chi connectivity index (χ0n) is 15.0.